The van der Waals surface area contributed by atoms with Crippen LogP contribution in [0.15, 0.2) is 72.8 Å². The van der Waals surface area contributed by atoms with Crippen molar-refractivity contribution >= 4 is 29.2 Å². The van der Waals surface area contributed by atoms with Crippen LogP contribution in [0.5, 0.6) is 5.75 Å². The van der Waals surface area contributed by atoms with E-state index in [1.807, 2.05) is 0 Å². The first-order valence-electron chi connectivity index (χ1n) is 9.64. The molecule has 0 bridgehead atoms. The lowest BCUT2D eigenvalue weighted by atomic mass is 10.1. The Morgan fingerprint density at radius 3 is 2.32 bits per heavy atom. The van der Waals surface area contributed by atoms with Gasteiger partial charge in [0, 0.05) is 30.3 Å². The third-order valence-electron chi connectivity index (χ3n) is 4.34. The molecule has 0 spiro atoms. The number of ether oxygens (including phenoxy) is 1. The Balaban J connectivity index is 1.59. The molecule has 0 aromatic heterocycles. The average Bonchev–Trinajstić information content (AvgIpc) is 2.73. The Bertz CT molecular complexity index is 1110. The van der Waals surface area contributed by atoms with Gasteiger partial charge in [-0.3, -0.25) is 14.4 Å². The summed E-state index contributed by atoms with van der Waals surface area (Å²) < 4.78 is 18.7. The second-order valence-electron chi connectivity index (χ2n) is 6.80. The molecule has 0 saturated carbocycles. The van der Waals surface area contributed by atoms with E-state index in [1.165, 1.54) is 19.1 Å². The Hall–Kier alpha value is -4.00. The molecule has 0 saturated heterocycles. The van der Waals surface area contributed by atoms with E-state index in [2.05, 4.69) is 10.6 Å². The number of nitrogens with one attached hydrogen (secondary N) is 2. The molecule has 0 fully saturated rings. The molecule has 0 aliphatic carbocycles. The normalized spacial score (nSPS) is 10.3. The van der Waals surface area contributed by atoms with Gasteiger partial charge in [-0.1, -0.05) is 30.3 Å². The number of hydrogen-bond donors (Lipinski definition) is 2. The van der Waals surface area contributed by atoms with Gasteiger partial charge in [0.25, 0.3) is 5.91 Å². The van der Waals surface area contributed by atoms with E-state index in [-0.39, 0.29) is 30.3 Å². The van der Waals surface area contributed by atoms with E-state index >= 15 is 0 Å². The fraction of sp³-hybridized carbons (Fsp3) is 0.125. The van der Waals surface area contributed by atoms with Crippen LogP contribution in [0, 0.1) is 5.82 Å². The van der Waals surface area contributed by atoms with Crippen LogP contribution < -0.4 is 15.4 Å². The molecule has 3 aromatic rings. The first-order valence-corrected chi connectivity index (χ1v) is 9.64. The minimum absolute atomic E-state index is 0.125. The van der Waals surface area contributed by atoms with Crippen LogP contribution in [0.3, 0.4) is 0 Å². The Kier molecular flexibility index (Phi) is 7.11. The minimum Gasteiger partial charge on any atom is -0.427 e. The third kappa shape index (κ3) is 6.50. The monoisotopic (exact) mass is 420 g/mol. The fourth-order valence-electron chi connectivity index (χ4n) is 2.92. The van der Waals surface area contributed by atoms with Crippen molar-refractivity contribution in [2.75, 3.05) is 10.6 Å². The predicted molar refractivity (Wildman–Crippen MR) is 115 cm³/mol. The molecule has 3 aromatic carbocycles. The molecule has 2 amide bonds. The highest BCUT2D eigenvalue weighted by atomic mass is 19.1. The van der Waals surface area contributed by atoms with E-state index in [1.54, 1.807) is 60.7 Å². The highest BCUT2D eigenvalue weighted by Gasteiger charge is 2.10. The summed E-state index contributed by atoms with van der Waals surface area (Å²) in [7, 11) is 0. The standard InChI is InChI=1S/C24H21FN2O4/c1-16(28)31-21-10-4-7-18(14-21)24(30)27-20-9-5-8-19(15-20)26-23(29)13-12-17-6-2-3-11-22(17)25/h2-11,14-15H,12-13H2,1H3,(H,26,29)(H,27,30). The number of halogens is 1. The number of aryl methyl sites for hydroxylation is 1. The summed E-state index contributed by atoms with van der Waals surface area (Å²) in [6.45, 7) is 1.28. The Labute approximate surface area is 179 Å². The van der Waals surface area contributed by atoms with Crippen LogP contribution in [0.25, 0.3) is 0 Å². The van der Waals surface area contributed by atoms with Crippen molar-refractivity contribution in [2.45, 2.75) is 19.8 Å². The Morgan fingerprint density at radius 2 is 1.58 bits per heavy atom. The molecule has 158 valence electrons. The number of hydrogen-bond acceptors (Lipinski definition) is 4. The zero-order chi connectivity index (χ0) is 22.2. The average molecular weight is 420 g/mol. The van der Waals surface area contributed by atoms with Crippen molar-refractivity contribution < 1.29 is 23.5 Å². The number of benzene rings is 3. The van der Waals surface area contributed by atoms with Crippen molar-refractivity contribution in [2.24, 2.45) is 0 Å². The topological polar surface area (TPSA) is 84.5 Å². The van der Waals surface area contributed by atoms with Crippen molar-refractivity contribution in [3.63, 3.8) is 0 Å². The summed E-state index contributed by atoms with van der Waals surface area (Å²) in [4.78, 5) is 35.8. The van der Waals surface area contributed by atoms with Crippen LogP contribution in [0.4, 0.5) is 15.8 Å². The molecule has 6 nitrogen and oxygen atoms in total. The number of anilines is 2. The van der Waals surface area contributed by atoms with Crippen molar-refractivity contribution in [1.29, 1.82) is 0 Å². The van der Waals surface area contributed by atoms with E-state index in [4.69, 9.17) is 4.74 Å². The lowest BCUT2D eigenvalue weighted by molar-refractivity contribution is -0.131. The second-order valence-corrected chi connectivity index (χ2v) is 6.80. The number of esters is 1. The second kappa shape index (κ2) is 10.2. The summed E-state index contributed by atoms with van der Waals surface area (Å²) in [5.74, 6) is -1.19. The smallest absolute Gasteiger partial charge is 0.308 e. The summed E-state index contributed by atoms with van der Waals surface area (Å²) in [5, 5.41) is 5.48. The number of rotatable bonds is 7. The van der Waals surface area contributed by atoms with Crippen LogP contribution in [-0.4, -0.2) is 17.8 Å². The molecule has 0 radical (unpaired) electrons. The summed E-state index contributed by atoms with van der Waals surface area (Å²) in [6, 6.07) is 19.3. The molecule has 2 N–H and O–H groups in total. The first kappa shape index (κ1) is 21.7. The Morgan fingerprint density at radius 1 is 0.871 bits per heavy atom. The summed E-state index contributed by atoms with van der Waals surface area (Å²) >= 11 is 0. The predicted octanol–water partition coefficient (Wildman–Crippen LogP) is 4.57. The van der Waals surface area contributed by atoms with Gasteiger partial charge < -0.3 is 15.4 Å². The van der Waals surface area contributed by atoms with Gasteiger partial charge >= 0.3 is 5.97 Å². The molecular weight excluding hydrogens is 399 g/mol. The zero-order valence-electron chi connectivity index (χ0n) is 16.9. The summed E-state index contributed by atoms with van der Waals surface area (Å²) in [5.41, 5.74) is 1.78. The number of carbonyl (C=O) groups excluding carboxylic acids is 3. The first-order chi connectivity index (χ1) is 14.9. The van der Waals surface area contributed by atoms with E-state index in [0.717, 1.165) is 0 Å². The van der Waals surface area contributed by atoms with Gasteiger partial charge in [0.2, 0.25) is 5.91 Å². The van der Waals surface area contributed by atoms with Crippen LogP contribution in [-0.2, 0) is 16.0 Å². The van der Waals surface area contributed by atoms with Gasteiger partial charge in [0.15, 0.2) is 0 Å². The van der Waals surface area contributed by atoms with Crippen LogP contribution in [0.1, 0.15) is 29.3 Å². The largest absolute Gasteiger partial charge is 0.427 e. The van der Waals surface area contributed by atoms with E-state index in [9.17, 15) is 18.8 Å². The van der Waals surface area contributed by atoms with Crippen molar-refractivity contribution in [1.82, 2.24) is 0 Å². The van der Waals surface area contributed by atoms with Crippen LogP contribution >= 0.6 is 0 Å². The van der Waals surface area contributed by atoms with E-state index < -0.39 is 11.9 Å². The zero-order valence-corrected chi connectivity index (χ0v) is 16.9. The maximum Gasteiger partial charge on any atom is 0.308 e. The number of amides is 2. The molecule has 3 rings (SSSR count). The maximum atomic E-state index is 13.7. The molecule has 0 atom stereocenters. The molecule has 7 heteroatoms. The molecule has 0 aliphatic heterocycles. The van der Waals surface area contributed by atoms with E-state index in [0.29, 0.717) is 22.5 Å². The molecule has 31 heavy (non-hydrogen) atoms. The quantitative estimate of drug-likeness (QED) is 0.433. The van der Waals surface area contributed by atoms with Gasteiger partial charge in [-0.2, -0.15) is 0 Å². The van der Waals surface area contributed by atoms with Gasteiger partial charge in [0.1, 0.15) is 11.6 Å². The summed E-state index contributed by atoms with van der Waals surface area (Å²) in [6.07, 6.45) is 0.411. The van der Waals surface area contributed by atoms with Gasteiger partial charge in [0.05, 0.1) is 0 Å². The fourth-order valence-corrected chi connectivity index (χ4v) is 2.92. The third-order valence-corrected chi connectivity index (χ3v) is 4.34. The highest BCUT2D eigenvalue weighted by molar-refractivity contribution is 6.05. The van der Waals surface area contributed by atoms with Gasteiger partial charge in [-0.05, 0) is 54.4 Å². The maximum absolute atomic E-state index is 13.7. The molecule has 0 heterocycles. The molecular formula is C24H21FN2O4. The molecule has 0 unspecified atom stereocenters. The number of carbonyl (C=O) groups is 3. The minimum atomic E-state index is -0.476. The van der Waals surface area contributed by atoms with Crippen molar-refractivity contribution in [3.8, 4) is 5.75 Å². The highest BCUT2D eigenvalue weighted by Crippen LogP contribution is 2.19. The SMILES string of the molecule is CC(=O)Oc1cccc(C(=O)Nc2cccc(NC(=O)CCc3ccccc3F)c2)c1. The van der Waals surface area contributed by atoms with Crippen LogP contribution in [0.2, 0.25) is 0 Å². The van der Waals surface area contributed by atoms with Gasteiger partial charge in [-0.15, -0.1) is 0 Å². The molecule has 0 aliphatic rings. The van der Waals surface area contributed by atoms with Crippen molar-refractivity contribution in [3.05, 3.63) is 89.7 Å². The lowest BCUT2D eigenvalue weighted by Crippen LogP contribution is -2.14. The lowest BCUT2D eigenvalue weighted by Gasteiger charge is -2.10. The van der Waals surface area contributed by atoms with Gasteiger partial charge in [-0.25, -0.2) is 4.39 Å².